The van der Waals surface area contributed by atoms with Crippen molar-refractivity contribution in [3.63, 3.8) is 0 Å². The summed E-state index contributed by atoms with van der Waals surface area (Å²) in [6.45, 7) is 1.67. The molecule has 8 heteroatoms. The lowest BCUT2D eigenvalue weighted by atomic mass is 10.0. The number of methoxy groups -OCH3 is 1. The predicted octanol–water partition coefficient (Wildman–Crippen LogP) is 4.02. The molecule has 7 nitrogen and oxygen atoms in total. The van der Waals surface area contributed by atoms with Crippen LogP contribution in [0.3, 0.4) is 0 Å². The molecule has 1 amide bonds. The highest BCUT2D eigenvalue weighted by Crippen LogP contribution is 2.28. The molecule has 34 heavy (non-hydrogen) atoms. The molecule has 0 fully saturated rings. The molecule has 0 aliphatic rings. The van der Waals surface area contributed by atoms with Gasteiger partial charge in [0, 0.05) is 41.7 Å². The highest BCUT2D eigenvalue weighted by atomic mass is 32.2. The monoisotopic (exact) mass is 476 g/mol. The van der Waals surface area contributed by atoms with E-state index >= 15 is 0 Å². The molecule has 1 N–H and O–H groups in total. The Bertz CT molecular complexity index is 1520. The van der Waals surface area contributed by atoms with Crippen molar-refractivity contribution in [3.8, 4) is 5.75 Å². The number of amides is 1. The van der Waals surface area contributed by atoms with Crippen molar-refractivity contribution in [2.75, 3.05) is 7.11 Å². The van der Waals surface area contributed by atoms with Crippen LogP contribution in [0.15, 0.2) is 71.8 Å². The van der Waals surface area contributed by atoms with E-state index in [9.17, 15) is 18.0 Å². The van der Waals surface area contributed by atoms with Gasteiger partial charge in [-0.1, -0.05) is 24.3 Å². The summed E-state index contributed by atoms with van der Waals surface area (Å²) >= 11 is 0. The van der Waals surface area contributed by atoms with Crippen molar-refractivity contribution in [3.05, 3.63) is 94.7 Å². The lowest BCUT2D eigenvalue weighted by molar-refractivity contribution is 0.0980. The molecule has 174 valence electrons. The number of aromatic nitrogens is 1. The highest BCUT2D eigenvalue weighted by Gasteiger charge is 2.21. The maximum Gasteiger partial charge on any atom is 0.265 e. The number of carbonyl (C=O) groups excluding carboxylic acids is 2. The SMILES string of the molecule is COc1cc(C(=O)NS(=O)(=O)c2ccccc2C)ccc1Cc1cn(C)c2ccc(C=O)cc12. The number of benzene rings is 3. The second kappa shape index (κ2) is 9.15. The fourth-order valence-corrected chi connectivity index (χ4v) is 5.26. The lowest BCUT2D eigenvalue weighted by Gasteiger charge is -2.12. The summed E-state index contributed by atoms with van der Waals surface area (Å²) in [5, 5.41) is 0.959. The first kappa shape index (κ1) is 23.3. The Hall–Kier alpha value is -3.91. The van der Waals surface area contributed by atoms with Gasteiger partial charge in [0.05, 0.1) is 12.0 Å². The number of ether oxygens (including phenoxy) is 1. The number of aldehydes is 1. The van der Waals surface area contributed by atoms with Crippen LogP contribution >= 0.6 is 0 Å². The Morgan fingerprint density at radius 1 is 1.06 bits per heavy atom. The van der Waals surface area contributed by atoms with Gasteiger partial charge in [0.1, 0.15) is 12.0 Å². The van der Waals surface area contributed by atoms with E-state index in [0.717, 1.165) is 28.3 Å². The minimum absolute atomic E-state index is 0.0533. The first-order valence-electron chi connectivity index (χ1n) is 10.6. The van der Waals surface area contributed by atoms with Crippen LogP contribution in [0, 0.1) is 6.92 Å². The van der Waals surface area contributed by atoms with E-state index in [1.165, 1.54) is 19.2 Å². The Morgan fingerprint density at radius 2 is 1.82 bits per heavy atom. The van der Waals surface area contributed by atoms with Crippen LogP contribution in [0.5, 0.6) is 5.75 Å². The van der Waals surface area contributed by atoms with Gasteiger partial charge in [0.25, 0.3) is 15.9 Å². The molecule has 0 unspecified atom stereocenters. The van der Waals surface area contributed by atoms with Crippen LogP contribution in [-0.4, -0.2) is 32.3 Å². The minimum Gasteiger partial charge on any atom is -0.496 e. The van der Waals surface area contributed by atoms with Gasteiger partial charge in [-0.15, -0.1) is 0 Å². The van der Waals surface area contributed by atoms with Gasteiger partial charge < -0.3 is 9.30 Å². The molecule has 4 rings (SSSR count). The van der Waals surface area contributed by atoms with E-state index in [-0.39, 0.29) is 10.5 Å². The molecular weight excluding hydrogens is 452 g/mol. The average Bonchev–Trinajstić information content (AvgIpc) is 3.13. The largest absolute Gasteiger partial charge is 0.496 e. The molecule has 4 aromatic rings. The fraction of sp³-hybridized carbons (Fsp3) is 0.154. The van der Waals surface area contributed by atoms with Crippen molar-refractivity contribution in [1.82, 2.24) is 9.29 Å². The zero-order valence-corrected chi connectivity index (χ0v) is 19.8. The standard InChI is InChI=1S/C26H24N2O5S/c1-17-6-4-5-7-25(17)34(31,32)27-26(30)20-10-9-19(24(14-20)33-3)13-21-15-28(2)23-11-8-18(16-29)12-22(21)23/h4-12,14-16H,13H2,1-3H3,(H,27,30). The topological polar surface area (TPSA) is 94.5 Å². The zero-order valence-electron chi connectivity index (χ0n) is 19.0. The van der Waals surface area contributed by atoms with Crippen LogP contribution < -0.4 is 9.46 Å². The first-order chi connectivity index (χ1) is 16.2. The predicted molar refractivity (Wildman–Crippen MR) is 130 cm³/mol. The van der Waals surface area contributed by atoms with Gasteiger partial charge in [-0.2, -0.15) is 0 Å². The molecule has 1 aromatic heterocycles. The van der Waals surface area contributed by atoms with Crippen molar-refractivity contribution in [2.45, 2.75) is 18.2 Å². The molecule has 0 aliphatic carbocycles. The summed E-state index contributed by atoms with van der Waals surface area (Å²) < 4.78 is 35.0. The molecular formula is C26H24N2O5S. The smallest absolute Gasteiger partial charge is 0.265 e. The maximum atomic E-state index is 12.7. The second-order valence-corrected chi connectivity index (χ2v) is 9.71. The maximum absolute atomic E-state index is 12.7. The number of carbonyl (C=O) groups is 2. The summed E-state index contributed by atoms with van der Waals surface area (Å²) in [5.41, 5.74) is 4.12. The van der Waals surface area contributed by atoms with E-state index in [0.29, 0.717) is 23.3 Å². The Balaban J connectivity index is 1.63. The molecule has 0 aliphatic heterocycles. The molecule has 0 saturated heterocycles. The number of nitrogens with one attached hydrogen (secondary N) is 1. The average molecular weight is 477 g/mol. The minimum atomic E-state index is -4.02. The van der Waals surface area contributed by atoms with Crippen LogP contribution in [0.25, 0.3) is 10.9 Å². The van der Waals surface area contributed by atoms with Gasteiger partial charge in [0.2, 0.25) is 0 Å². The van der Waals surface area contributed by atoms with Crippen molar-refractivity contribution in [2.24, 2.45) is 7.05 Å². The molecule has 3 aromatic carbocycles. The third-order valence-corrected chi connectivity index (χ3v) is 7.26. The molecule has 0 spiro atoms. The van der Waals surface area contributed by atoms with Crippen LogP contribution in [0.4, 0.5) is 0 Å². The second-order valence-electron chi connectivity index (χ2n) is 8.06. The normalized spacial score (nSPS) is 11.4. The van der Waals surface area contributed by atoms with E-state index in [4.69, 9.17) is 4.74 Å². The number of aryl methyl sites for hydroxylation is 2. The number of rotatable bonds is 7. The molecule has 0 atom stereocenters. The van der Waals surface area contributed by atoms with E-state index in [2.05, 4.69) is 4.72 Å². The van der Waals surface area contributed by atoms with Crippen molar-refractivity contribution < 1.29 is 22.7 Å². The van der Waals surface area contributed by atoms with Gasteiger partial charge in [0.15, 0.2) is 0 Å². The fourth-order valence-electron chi connectivity index (χ4n) is 4.04. The highest BCUT2D eigenvalue weighted by molar-refractivity contribution is 7.90. The number of nitrogens with zero attached hydrogens (tertiary/aromatic N) is 1. The summed E-state index contributed by atoms with van der Waals surface area (Å²) in [6, 6.07) is 16.8. The zero-order chi connectivity index (χ0) is 24.5. The summed E-state index contributed by atoms with van der Waals surface area (Å²) in [6.07, 6.45) is 3.31. The van der Waals surface area contributed by atoms with E-state index < -0.39 is 15.9 Å². The summed E-state index contributed by atoms with van der Waals surface area (Å²) in [4.78, 5) is 24.0. The molecule has 1 heterocycles. The molecule has 0 saturated carbocycles. The number of hydrogen-bond donors (Lipinski definition) is 1. The van der Waals surface area contributed by atoms with E-state index in [1.54, 1.807) is 43.3 Å². The number of fused-ring (bicyclic) bond motifs is 1. The van der Waals surface area contributed by atoms with E-state index in [1.807, 2.05) is 29.9 Å². The van der Waals surface area contributed by atoms with Crippen molar-refractivity contribution in [1.29, 1.82) is 0 Å². The Labute approximate surface area is 198 Å². The van der Waals surface area contributed by atoms with Crippen LogP contribution in [0.1, 0.15) is 37.4 Å². The van der Waals surface area contributed by atoms with Crippen LogP contribution in [-0.2, 0) is 23.5 Å². The van der Waals surface area contributed by atoms with Gasteiger partial charge in [-0.05, 0) is 60.0 Å². The third-order valence-electron chi connectivity index (χ3n) is 5.77. The first-order valence-corrected chi connectivity index (χ1v) is 12.0. The quantitative estimate of drug-likeness (QED) is 0.407. The Kier molecular flexibility index (Phi) is 6.26. The van der Waals surface area contributed by atoms with Gasteiger partial charge in [-0.3, -0.25) is 9.59 Å². The summed E-state index contributed by atoms with van der Waals surface area (Å²) in [7, 11) is -0.582. The molecule has 0 bridgehead atoms. The number of sulfonamides is 1. The Morgan fingerprint density at radius 3 is 2.53 bits per heavy atom. The van der Waals surface area contributed by atoms with Gasteiger partial charge >= 0.3 is 0 Å². The number of hydrogen-bond acceptors (Lipinski definition) is 5. The van der Waals surface area contributed by atoms with Crippen LogP contribution in [0.2, 0.25) is 0 Å². The third kappa shape index (κ3) is 4.45. The molecule has 0 radical (unpaired) electrons. The summed E-state index contributed by atoms with van der Waals surface area (Å²) in [5.74, 6) is -0.279. The van der Waals surface area contributed by atoms with Gasteiger partial charge in [-0.25, -0.2) is 13.1 Å². The van der Waals surface area contributed by atoms with Crippen molar-refractivity contribution >= 4 is 33.1 Å². The lowest BCUT2D eigenvalue weighted by Crippen LogP contribution is -2.31.